The van der Waals surface area contributed by atoms with Crippen molar-refractivity contribution in [1.29, 1.82) is 0 Å². The highest BCUT2D eigenvalue weighted by molar-refractivity contribution is 9.09. The van der Waals surface area contributed by atoms with Crippen LogP contribution < -0.4 is 0 Å². The van der Waals surface area contributed by atoms with Gasteiger partial charge in [-0.2, -0.15) is 0 Å². The van der Waals surface area contributed by atoms with Crippen LogP contribution in [0.2, 0.25) is 0 Å². The molecule has 2 heterocycles. The van der Waals surface area contributed by atoms with E-state index in [1.807, 2.05) is 10.9 Å². The van der Waals surface area contributed by atoms with Crippen molar-refractivity contribution in [3.05, 3.63) is 11.9 Å². The Kier molecular flexibility index (Phi) is 3.18. The van der Waals surface area contributed by atoms with Crippen molar-refractivity contribution in [3.8, 4) is 0 Å². The molecule has 1 atom stereocenters. The van der Waals surface area contributed by atoms with Gasteiger partial charge >= 0.3 is 0 Å². The molecule has 0 aromatic carbocycles. The summed E-state index contributed by atoms with van der Waals surface area (Å²) in [6.45, 7) is 3.73. The van der Waals surface area contributed by atoms with Gasteiger partial charge in [0.2, 0.25) is 0 Å². The molecule has 0 amide bonds. The molecule has 0 aliphatic carbocycles. The van der Waals surface area contributed by atoms with Crippen molar-refractivity contribution in [2.24, 2.45) is 0 Å². The van der Waals surface area contributed by atoms with Crippen molar-refractivity contribution >= 4 is 15.9 Å². The molecule has 78 valence electrons. The van der Waals surface area contributed by atoms with E-state index in [2.05, 4.69) is 33.2 Å². The minimum Gasteiger partial charge on any atom is -0.381 e. The molecule has 1 aliphatic rings. The van der Waals surface area contributed by atoms with Gasteiger partial charge in [0.25, 0.3) is 0 Å². The van der Waals surface area contributed by atoms with Gasteiger partial charge in [-0.25, -0.2) is 4.68 Å². The summed E-state index contributed by atoms with van der Waals surface area (Å²) >= 11 is 3.48. The lowest BCUT2D eigenvalue weighted by Crippen LogP contribution is -2.19. The zero-order valence-corrected chi connectivity index (χ0v) is 9.77. The molecule has 2 rings (SSSR count). The fraction of sp³-hybridized carbons (Fsp3) is 0.778. The summed E-state index contributed by atoms with van der Waals surface area (Å²) in [5.74, 6) is 0. The minimum atomic E-state index is 0.274. The van der Waals surface area contributed by atoms with E-state index in [0.29, 0.717) is 6.04 Å². The van der Waals surface area contributed by atoms with E-state index < -0.39 is 0 Å². The molecule has 1 saturated heterocycles. The van der Waals surface area contributed by atoms with Crippen LogP contribution in [0, 0.1) is 0 Å². The van der Waals surface area contributed by atoms with E-state index >= 15 is 0 Å². The zero-order chi connectivity index (χ0) is 9.97. The van der Waals surface area contributed by atoms with Crippen LogP contribution in [0.4, 0.5) is 0 Å². The lowest BCUT2D eigenvalue weighted by atomic mass is 10.1. The number of aromatic nitrogens is 3. The number of hydrogen-bond acceptors (Lipinski definition) is 3. The van der Waals surface area contributed by atoms with Gasteiger partial charge in [0.05, 0.1) is 16.6 Å². The maximum Gasteiger partial charge on any atom is 0.0960 e. The van der Waals surface area contributed by atoms with Crippen molar-refractivity contribution in [2.45, 2.75) is 30.6 Å². The summed E-state index contributed by atoms with van der Waals surface area (Å²) in [4.78, 5) is 0.274. The van der Waals surface area contributed by atoms with E-state index in [4.69, 9.17) is 4.74 Å². The quantitative estimate of drug-likeness (QED) is 0.764. The summed E-state index contributed by atoms with van der Waals surface area (Å²) in [5.41, 5.74) is 0.997. The largest absolute Gasteiger partial charge is 0.381 e. The second kappa shape index (κ2) is 4.40. The third kappa shape index (κ3) is 2.15. The molecule has 14 heavy (non-hydrogen) atoms. The van der Waals surface area contributed by atoms with E-state index in [9.17, 15) is 0 Å². The maximum atomic E-state index is 5.30. The molecule has 4 nitrogen and oxygen atoms in total. The molecule has 0 bridgehead atoms. The van der Waals surface area contributed by atoms with Crippen LogP contribution in [-0.4, -0.2) is 28.2 Å². The second-order valence-corrected chi connectivity index (χ2v) is 4.96. The van der Waals surface area contributed by atoms with Crippen molar-refractivity contribution in [2.75, 3.05) is 13.2 Å². The van der Waals surface area contributed by atoms with Gasteiger partial charge in [0.15, 0.2) is 0 Å². The molecule has 1 aromatic heterocycles. The Labute approximate surface area is 91.8 Å². The molecule has 1 aliphatic heterocycles. The van der Waals surface area contributed by atoms with Gasteiger partial charge < -0.3 is 4.74 Å². The predicted octanol–water partition coefficient (Wildman–Crippen LogP) is 2.09. The highest BCUT2D eigenvalue weighted by Gasteiger charge is 2.17. The Morgan fingerprint density at radius 1 is 1.57 bits per heavy atom. The summed E-state index contributed by atoms with van der Waals surface area (Å²) in [6.07, 6.45) is 4.11. The van der Waals surface area contributed by atoms with Crippen LogP contribution in [0.15, 0.2) is 6.20 Å². The average Bonchev–Trinajstić information content (AvgIpc) is 2.68. The van der Waals surface area contributed by atoms with E-state index in [1.54, 1.807) is 0 Å². The number of nitrogens with zero attached hydrogens (tertiary/aromatic N) is 3. The van der Waals surface area contributed by atoms with E-state index in [-0.39, 0.29) is 4.83 Å². The zero-order valence-electron chi connectivity index (χ0n) is 8.19. The molecule has 1 fully saturated rings. The Hall–Kier alpha value is -0.420. The maximum absolute atomic E-state index is 5.30. The Morgan fingerprint density at radius 2 is 2.29 bits per heavy atom. The minimum absolute atomic E-state index is 0.274. The standard InChI is InChI=1S/C9H14BrN3O/c1-7(10)9-6-13(12-11-9)8-2-4-14-5-3-8/h6-8H,2-5H2,1H3. The van der Waals surface area contributed by atoms with E-state index in [1.165, 1.54) is 0 Å². The predicted molar refractivity (Wildman–Crippen MR) is 56.5 cm³/mol. The monoisotopic (exact) mass is 259 g/mol. The van der Waals surface area contributed by atoms with Crippen LogP contribution in [0.5, 0.6) is 0 Å². The lowest BCUT2D eigenvalue weighted by Gasteiger charge is -2.21. The molecule has 0 saturated carbocycles. The van der Waals surface area contributed by atoms with Crippen LogP contribution in [0.25, 0.3) is 0 Å². The fourth-order valence-corrected chi connectivity index (χ4v) is 1.81. The van der Waals surface area contributed by atoms with Gasteiger partial charge in [-0.15, -0.1) is 5.10 Å². The van der Waals surface area contributed by atoms with Crippen LogP contribution >= 0.6 is 15.9 Å². The van der Waals surface area contributed by atoms with Crippen molar-refractivity contribution in [3.63, 3.8) is 0 Å². The first kappa shape index (κ1) is 10.1. The Morgan fingerprint density at radius 3 is 2.86 bits per heavy atom. The van der Waals surface area contributed by atoms with Gasteiger partial charge in [0, 0.05) is 19.4 Å². The topological polar surface area (TPSA) is 39.9 Å². The molecule has 0 spiro atoms. The number of ether oxygens (including phenoxy) is 1. The third-order valence-electron chi connectivity index (χ3n) is 2.50. The fourth-order valence-electron chi connectivity index (χ4n) is 1.60. The van der Waals surface area contributed by atoms with Gasteiger partial charge in [-0.3, -0.25) is 0 Å². The molecular weight excluding hydrogens is 246 g/mol. The number of alkyl halides is 1. The lowest BCUT2D eigenvalue weighted by molar-refractivity contribution is 0.0657. The first-order valence-electron chi connectivity index (χ1n) is 4.91. The molecule has 1 aromatic rings. The Bertz CT molecular complexity index is 294. The van der Waals surface area contributed by atoms with Gasteiger partial charge in [0.1, 0.15) is 0 Å². The highest BCUT2D eigenvalue weighted by Crippen LogP contribution is 2.23. The van der Waals surface area contributed by atoms with Crippen LogP contribution in [0.1, 0.15) is 36.3 Å². The second-order valence-electron chi connectivity index (χ2n) is 3.58. The summed E-state index contributed by atoms with van der Waals surface area (Å²) in [7, 11) is 0. The summed E-state index contributed by atoms with van der Waals surface area (Å²) in [5, 5.41) is 8.26. The highest BCUT2D eigenvalue weighted by atomic mass is 79.9. The van der Waals surface area contributed by atoms with Gasteiger partial charge in [-0.05, 0) is 19.8 Å². The average molecular weight is 260 g/mol. The normalized spacial score (nSPS) is 21.0. The van der Waals surface area contributed by atoms with Gasteiger partial charge in [-0.1, -0.05) is 21.1 Å². The van der Waals surface area contributed by atoms with Crippen LogP contribution in [0.3, 0.4) is 0 Å². The number of hydrogen-bond donors (Lipinski definition) is 0. The molecule has 0 radical (unpaired) electrons. The van der Waals surface area contributed by atoms with Crippen molar-refractivity contribution < 1.29 is 4.74 Å². The summed E-state index contributed by atoms with van der Waals surface area (Å²) < 4.78 is 7.27. The number of rotatable bonds is 2. The SMILES string of the molecule is CC(Br)c1cn(C2CCOCC2)nn1. The van der Waals surface area contributed by atoms with E-state index in [0.717, 1.165) is 31.7 Å². The smallest absolute Gasteiger partial charge is 0.0960 e. The number of halogens is 1. The Balaban J connectivity index is 2.07. The first-order valence-corrected chi connectivity index (χ1v) is 5.82. The van der Waals surface area contributed by atoms with Crippen molar-refractivity contribution in [1.82, 2.24) is 15.0 Å². The van der Waals surface area contributed by atoms with Crippen LogP contribution in [-0.2, 0) is 4.74 Å². The molecule has 1 unspecified atom stereocenters. The summed E-state index contributed by atoms with van der Waals surface area (Å²) in [6, 6.07) is 0.469. The third-order valence-corrected chi connectivity index (χ3v) is 2.97. The first-order chi connectivity index (χ1) is 6.77. The molecule has 5 heteroatoms. The molecular formula is C9H14BrN3O. The molecule has 0 N–H and O–H groups in total.